The number of hydrogen-bond donors (Lipinski definition) is 1. The van der Waals surface area contributed by atoms with Crippen molar-refractivity contribution in [3.63, 3.8) is 0 Å². The lowest BCUT2D eigenvalue weighted by Crippen LogP contribution is -2.58. The largest absolute Gasteiger partial charge is 0.481 e. The third-order valence-corrected chi connectivity index (χ3v) is 6.40. The molecule has 19 heavy (non-hydrogen) atoms. The molecule has 1 unspecified atom stereocenters. The lowest BCUT2D eigenvalue weighted by Gasteiger charge is -2.58. The summed E-state index contributed by atoms with van der Waals surface area (Å²) < 4.78 is 0. The van der Waals surface area contributed by atoms with Gasteiger partial charge in [-0.15, -0.1) is 0 Å². The number of carboxylic acids is 1. The van der Waals surface area contributed by atoms with Crippen LogP contribution in [0.5, 0.6) is 0 Å². The second kappa shape index (κ2) is 4.47. The first-order valence-corrected chi connectivity index (χ1v) is 8.17. The van der Waals surface area contributed by atoms with Crippen LogP contribution in [-0.2, 0) is 4.79 Å². The molecule has 106 valence electrons. The van der Waals surface area contributed by atoms with E-state index in [1.165, 1.54) is 32.1 Å². The SMILES string of the molecule is O=C(O)C1CCCN(C2C3CC4CC(C3)CC2C4)C1. The van der Waals surface area contributed by atoms with Gasteiger partial charge in [-0.2, -0.15) is 0 Å². The van der Waals surface area contributed by atoms with Gasteiger partial charge in [-0.1, -0.05) is 0 Å². The molecular weight excluding hydrogens is 238 g/mol. The van der Waals surface area contributed by atoms with E-state index in [2.05, 4.69) is 4.90 Å². The van der Waals surface area contributed by atoms with Crippen molar-refractivity contribution >= 4 is 5.97 Å². The summed E-state index contributed by atoms with van der Waals surface area (Å²) in [6, 6.07) is 0.731. The second-order valence-corrected chi connectivity index (χ2v) is 7.59. The van der Waals surface area contributed by atoms with Crippen molar-refractivity contribution in [1.82, 2.24) is 4.90 Å². The van der Waals surface area contributed by atoms with E-state index < -0.39 is 5.97 Å². The molecule has 5 fully saturated rings. The van der Waals surface area contributed by atoms with Crippen molar-refractivity contribution in [2.24, 2.45) is 29.6 Å². The number of carbonyl (C=O) groups is 1. The van der Waals surface area contributed by atoms with Gasteiger partial charge in [0.25, 0.3) is 0 Å². The van der Waals surface area contributed by atoms with E-state index in [1.807, 2.05) is 0 Å². The van der Waals surface area contributed by atoms with Gasteiger partial charge in [0.05, 0.1) is 5.92 Å². The van der Waals surface area contributed by atoms with Crippen LogP contribution in [0.3, 0.4) is 0 Å². The first-order chi connectivity index (χ1) is 9.20. The third-order valence-electron chi connectivity index (χ3n) is 6.40. The van der Waals surface area contributed by atoms with Crippen LogP contribution in [0.25, 0.3) is 0 Å². The molecule has 3 heteroatoms. The lowest BCUT2D eigenvalue weighted by atomic mass is 9.53. The van der Waals surface area contributed by atoms with Gasteiger partial charge in [0, 0.05) is 12.6 Å². The lowest BCUT2D eigenvalue weighted by molar-refractivity contribution is -0.146. The number of hydrogen-bond acceptors (Lipinski definition) is 2. The van der Waals surface area contributed by atoms with Gasteiger partial charge in [-0.25, -0.2) is 0 Å². The van der Waals surface area contributed by atoms with Crippen LogP contribution in [-0.4, -0.2) is 35.1 Å². The molecule has 1 heterocycles. The number of aliphatic carboxylic acids is 1. The highest BCUT2D eigenvalue weighted by atomic mass is 16.4. The predicted molar refractivity (Wildman–Crippen MR) is 72.8 cm³/mol. The average molecular weight is 263 g/mol. The van der Waals surface area contributed by atoms with Crippen LogP contribution in [0.1, 0.15) is 44.9 Å². The zero-order valence-electron chi connectivity index (χ0n) is 11.6. The van der Waals surface area contributed by atoms with Crippen molar-refractivity contribution in [3.05, 3.63) is 0 Å². The predicted octanol–water partition coefficient (Wildman–Crippen LogP) is 2.61. The van der Waals surface area contributed by atoms with E-state index in [0.717, 1.165) is 55.6 Å². The van der Waals surface area contributed by atoms with Crippen LogP contribution in [0, 0.1) is 29.6 Å². The van der Waals surface area contributed by atoms with Gasteiger partial charge in [0.2, 0.25) is 0 Å². The van der Waals surface area contributed by atoms with Crippen molar-refractivity contribution in [3.8, 4) is 0 Å². The van der Waals surface area contributed by atoms with Crippen LogP contribution in [0.15, 0.2) is 0 Å². The minimum Gasteiger partial charge on any atom is -0.481 e. The summed E-state index contributed by atoms with van der Waals surface area (Å²) in [4.78, 5) is 13.8. The highest BCUT2D eigenvalue weighted by Gasteiger charge is 2.50. The summed E-state index contributed by atoms with van der Waals surface area (Å²) in [6.45, 7) is 1.97. The summed E-state index contributed by atoms with van der Waals surface area (Å²) in [7, 11) is 0. The monoisotopic (exact) mass is 263 g/mol. The Morgan fingerprint density at radius 2 is 1.63 bits per heavy atom. The van der Waals surface area contributed by atoms with E-state index in [4.69, 9.17) is 0 Å². The summed E-state index contributed by atoms with van der Waals surface area (Å²) in [6.07, 6.45) is 9.21. The number of piperidine rings is 1. The molecular formula is C16H25NO2. The van der Waals surface area contributed by atoms with E-state index in [0.29, 0.717) is 0 Å². The van der Waals surface area contributed by atoms with Crippen LogP contribution in [0.2, 0.25) is 0 Å². The molecule has 0 aromatic rings. The second-order valence-electron chi connectivity index (χ2n) is 7.59. The minimum absolute atomic E-state index is 0.106. The maximum absolute atomic E-state index is 11.3. The first-order valence-electron chi connectivity index (χ1n) is 8.17. The molecule has 5 rings (SSSR count). The fourth-order valence-electron chi connectivity index (χ4n) is 5.97. The first kappa shape index (κ1) is 12.2. The highest BCUT2D eigenvalue weighted by molar-refractivity contribution is 5.70. The average Bonchev–Trinajstić information content (AvgIpc) is 2.37. The number of carboxylic acid groups (broad SMARTS) is 1. The summed E-state index contributed by atoms with van der Waals surface area (Å²) in [5.41, 5.74) is 0. The van der Waals surface area contributed by atoms with E-state index in [1.54, 1.807) is 0 Å². The van der Waals surface area contributed by atoms with Gasteiger partial charge in [-0.05, 0) is 75.2 Å². The molecule has 1 aliphatic heterocycles. The molecule has 0 amide bonds. The Balaban J connectivity index is 1.51. The number of rotatable bonds is 2. The molecule has 1 saturated heterocycles. The van der Waals surface area contributed by atoms with Crippen LogP contribution < -0.4 is 0 Å². The third kappa shape index (κ3) is 2.01. The molecule has 1 N–H and O–H groups in total. The maximum atomic E-state index is 11.3. The molecule has 5 aliphatic rings. The number of nitrogens with zero attached hydrogens (tertiary/aromatic N) is 1. The van der Waals surface area contributed by atoms with Crippen molar-refractivity contribution in [2.75, 3.05) is 13.1 Å². The normalized spacial score (nSPS) is 49.5. The molecule has 4 bridgehead atoms. The molecule has 0 spiro atoms. The summed E-state index contributed by atoms with van der Waals surface area (Å²) >= 11 is 0. The summed E-state index contributed by atoms with van der Waals surface area (Å²) in [5.74, 6) is 3.13. The van der Waals surface area contributed by atoms with Crippen molar-refractivity contribution in [1.29, 1.82) is 0 Å². The van der Waals surface area contributed by atoms with E-state index >= 15 is 0 Å². The van der Waals surface area contributed by atoms with E-state index in [-0.39, 0.29) is 5.92 Å². The quantitative estimate of drug-likeness (QED) is 0.832. The molecule has 4 saturated carbocycles. The summed E-state index contributed by atoms with van der Waals surface area (Å²) in [5, 5.41) is 9.28. The maximum Gasteiger partial charge on any atom is 0.307 e. The molecule has 4 aliphatic carbocycles. The molecule has 1 atom stereocenters. The fraction of sp³-hybridized carbons (Fsp3) is 0.938. The molecule has 0 aromatic carbocycles. The highest BCUT2D eigenvalue weighted by Crippen LogP contribution is 2.55. The zero-order valence-corrected chi connectivity index (χ0v) is 11.6. The van der Waals surface area contributed by atoms with E-state index in [9.17, 15) is 9.90 Å². The van der Waals surface area contributed by atoms with Crippen molar-refractivity contribution < 1.29 is 9.90 Å². The minimum atomic E-state index is -0.575. The Morgan fingerprint density at radius 3 is 2.21 bits per heavy atom. The fourth-order valence-corrected chi connectivity index (χ4v) is 5.97. The smallest absolute Gasteiger partial charge is 0.307 e. The van der Waals surface area contributed by atoms with Crippen molar-refractivity contribution in [2.45, 2.75) is 51.0 Å². The molecule has 0 aromatic heterocycles. The Kier molecular flexibility index (Phi) is 2.87. The van der Waals surface area contributed by atoms with Gasteiger partial charge in [0.1, 0.15) is 0 Å². The van der Waals surface area contributed by atoms with Gasteiger partial charge in [-0.3, -0.25) is 9.69 Å². The molecule has 0 radical (unpaired) electrons. The topological polar surface area (TPSA) is 40.5 Å². The van der Waals surface area contributed by atoms with Gasteiger partial charge < -0.3 is 5.11 Å². The Morgan fingerprint density at radius 1 is 1.00 bits per heavy atom. The Labute approximate surface area is 115 Å². The van der Waals surface area contributed by atoms with Crippen LogP contribution >= 0.6 is 0 Å². The Hall–Kier alpha value is -0.570. The number of likely N-dealkylation sites (tertiary alicyclic amines) is 1. The standard InChI is InChI=1S/C16H25NO2/c18-16(19)12-2-1-3-17(9-12)15-13-5-10-4-11(7-13)8-14(15)6-10/h10-15H,1-9H2,(H,18,19). The van der Waals surface area contributed by atoms with Gasteiger partial charge >= 0.3 is 5.97 Å². The zero-order chi connectivity index (χ0) is 13.0. The van der Waals surface area contributed by atoms with Gasteiger partial charge in [0.15, 0.2) is 0 Å². The molecule has 3 nitrogen and oxygen atoms in total. The van der Waals surface area contributed by atoms with Crippen LogP contribution in [0.4, 0.5) is 0 Å². The Bertz CT molecular complexity index is 353.